The highest BCUT2D eigenvalue weighted by Gasteiger charge is 2.07. The second-order valence-electron chi connectivity index (χ2n) is 3.50. The summed E-state index contributed by atoms with van der Waals surface area (Å²) in [5.74, 6) is 0. The van der Waals surface area contributed by atoms with E-state index in [4.69, 9.17) is 17.3 Å². The average Bonchev–Trinajstić information content (AvgIpc) is 2.29. The number of halogens is 1. The summed E-state index contributed by atoms with van der Waals surface area (Å²) in [7, 11) is 0. The molecule has 0 fully saturated rings. The van der Waals surface area contributed by atoms with Crippen molar-refractivity contribution < 1.29 is 0 Å². The highest BCUT2D eigenvalue weighted by molar-refractivity contribution is 6.28. The number of hydrogen-bond donors (Lipinski definition) is 1. The number of fused-ring (bicyclic) bond motifs is 1. The first-order chi connectivity index (χ1) is 7.74. The van der Waals surface area contributed by atoms with Crippen molar-refractivity contribution in [3.05, 3.63) is 39.9 Å². The van der Waals surface area contributed by atoms with Crippen LogP contribution in [0.4, 0.5) is 0 Å². The Morgan fingerprint density at radius 1 is 1.38 bits per heavy atom. The number of para-hydroxylation sites is 1. The molecule has 4 nitrogen and oxygen atoms in total. The molecule has 84 valence electrons. The predicted octanol–water partition coefficient (Wildman–Crippen LogP) is 1.40. The highest BCUT2D eigenvalue weighted by atomic mass is 35.5. The Bertz CT molecular complexity index is 565. The SMILES string of the molecule is NCCCn1c(Cl)nc2ccccc2c1=O. The van der Waals surface area contributed by atoms with E-state index in [1.54, 1.807) is 12.1 Å². The lowest BCUT2D eigenvalue weighted by Crippen LogP contribution is -2.23. The Morgan fingerprint density at radius 2 is 2.12 bits per heavy atom. The Labute approximate surface area is 97.7 Å². The van der Waals surface area contributed by atoms with E-state index in [-0.39, 0.29) is 10.8 Å². The lowest BCUT2D eigenvalue weighted by molar-refractivity contribution is 0.625. The van der Waals surface area contributed by atoms with Gasteiger partial charge in [-0.25, -0.2) is 4.98 Å². The standard InChI is InChI=1S/C11H12ClN3O/c12-11-14-9-5-2-1-4-8(9)10(16)15(11)7-3-6-13/h1-2,4-5H,3,6-7,13H2. The number of benzene rings is 1. The van der Waals surface area contributed by atoms with Crippen LogP contribution in [0.2, 0.25) is 5.28 Å². The van der Waals surface area contributed by atoms with Crippen molar-refractivity contribution in [1.29, 1.82) is 0 Å². The van der Waals surface area contributed by atoms with Gasteiger partial charge >= 0.3 is 0 Å². The minimum Gasteiger partial charge on any atom is -0.330 e. The minimum atomic E-state index is -0.107. The van der Waals surface area contributed by atoms with Crippen LogP contribution in [0.3, 0.4) is 0 Å². The third-order valence-corrected chi connectivity index (χ3v) is 2.69. The Balaban J connectivity index is 2.61. The lowest BCUT2D eigenvalue weighted by atomic mass is 10.2. The van der Waals surface area contributed by atoms with E-state index in [0.717, 1.165) is 0 Å². The molecule has 2 rings (SSSR count). The fourth-order valence-electron chi connectivity index (χ4n) is 1.58. The van der Waals surface area contributed by atoms with Gasteiger partial charge in [0.25, 0.3) is 5.56 Å². The predicted molar refractivity (Wildman–Crippen MR) is 64.7 cm³/mol. The average molecular weight is 238 g/mol. The zero-order valence-corrected chi connectivity index (χ0v) is 9.44. The summed E-state index contributed by atoms with van der Waals surface area (Å²) in [4.78, 5) is 16.2. The molecular formula is C11H12ClN3O. The molecule has 2 N–H and O–H groups in total. The topological polar surface area (TPSA) is 60.9 Å². The number of nitrogens with two attached hydrogens (primary N) is 1. The molecule has 0 spiro atoms. The van der Waals surface area contributed by atoms with Crippen molar-refractivity contribution >= 4 is 22.5 Å². The molecule has 0 aliphatic rings. The molecule has 0 amide bonds. The van der Waals surface area contributed by atoms with E-state index in [1.165, 1.54) is 4.57 Å². The van der Waals surface area contributed by atoms with E-state index in [2.05, 4.69) is 4.98 Å². The molecule has 1 aromatic heterocycles. The van der Waals surface area contributed by atoms with Crippen molar-refractivity contribution in [2.75, 3.05) is 6.54 Å². The van der Waals surface area contributed by atoms with Gasteiger partial charge in [-0.3, -0.25) is 9.36 Å². The molecule has 16 heavy (non-hydrogen) atoms. The minimum absolute atomic E-state index is 0.107. The van der Waals surface area contributed by atoms with E-state index in [0.29, 0.717) is 30.4 Å². The van der Waals surface area contributed by atoms with Crippen molar-refractivity contribution in [2.45, 2.75) is 13.0 Å². The lowest BCUT2D eigenvalue weighted by Gasteiger charge is -2.07. The summed E-state index contributed by atoms with van der Waals surface area (Å²) in [5, 5.41) is 0.807. The van der Waals surface area contributed by atoms with Crippen LogP contribution >= 0.6 is 11.6 Å². The van der Waals surface area contributed by atoms with Gasteiger partial charge in [0.2, 0.25) is 5.28 Å². The maximum Gasteiger partial charge on any atom is 0.262 e. The number of aromatic nitrogens is 2. The van der Waals surface area contributed by atoms with Gasteiger partial charge in [-0.2, -0.15) is 0 Å². The Morgan fingerprint density at radius 3 is 2.88 bits per heavy atom. The first kappa shape index (κ1) is 11.1. The maximum absolute atomic E-state index is 12.1. The molecule has 0 unspecified atom stereocenters. The number of nitrogens with zero attached hydrogens (tertiary/aromatic N) is 2. The summed E-state index contributed by atoms with van der Waals surface area (Å²) in [6, 6.07) is 7.16. The largest absolute Gasteiger partial charge is 0.330 e. The van der Waals surface area contributed by atoms with E-state index in [9.17, 15) is 4.79 Å². The van der Waals surface area contributed by atoms with Crippen molar-refractivity contribution in [3.63, 3.8) is 0 Å². The van der Waals surface area contributed by atoms with Gasteiger partial charge in [0, 0.05) is 6.54 Å². The van der Waals surface area contributed by atoms with Crippen LogP contribution in [0.15, 0.2) is 29.1 Å². The summed E-state index contributed by atoms with van der Waals surface area (Å²) in [6.45, 7) is 1.03. The summed E-state index contributed by atoms with van der Waals surface area (Å²) in [6.07, 6.45) is 0.708. The first-order valence-corrected chi connectivity index (χ1v) is 5.47. The van der Waals surface area contributed by atoms with Crippen molar-refractivity contribution in [3.8, 4) is 0 Å². The van der Waals surface area contributed by atoms with E-state index >= 15 is 0 Å². The van der Waals surface area contributed by atoms with Crippen molar-refractivity contribution in [2.24, 2.45) is 5.73 Å². The molecule has 0 aliphatic carbocycles. The van der Waals surface area contributed by atoms with Gasteiger partial charge < -0.3 is 5.73 Å². The maximum atomic E-state index is 12.1. The van der Waals surface area contributed by atoms with Crippen LogP contribution in [-0.2, 0) is 6.54 Å². The molecule has 0 saturated heterocycles. The van der Waals surface area contributed by atoms with Crippen LogP contribution in [0.25, 0.3) is 10.9 Å². The van der Waals surface area contributed by atoms with Crippen LogP contribution in [0.5, 0.6) is 0 Å². The monoisotopic (exact) mass is 237 g/mol. The third-order valence-electron chi connectivity index (χ3n) is 2.40. The van der Waals surface area contributed by atoms with E-state index in [1.807, 2.05) is 12.1 Å². The van der Waals surface area contributed by atoms with Gasteiger partial charge in [-0.1, -0.05) is 12.1 Å². The molecule has 0 saturated carbocycles. The molecule has 0 atom stereocenters. The number of rotatable bonds is 3. The fraction of sp³-hybridized carbons (Fsp3) is 0.273. The van der Waals surface area contributed by atoms with E-state index < -0.39 is 0 Å². The van der Waals surface area contributed by atoms with Crippen LogP contribution in [-0.4, -0.2) is 16.1 Å². The van der Waals surface area contributed by atoms with Crippen LogP contribution < -0.4 is 11.3 Å². The summed E-state index contributed by atoms with van der Waals surface area (Å²) >= 11 is 5.96. The van der Waals surface area contributed by atoms with Gasteiger partial charge in [0.15, 0.2) is 0 Å². The molecule has 0 aliphatic heterocycles. The molecule has 0 radical (unpaired) electrons. The molecule has 1 aromatic carbocycles. The smallest absolute Gasteiger partial charge is 0.262 e. The normalized spacial score (nSPS) is 10.9. The second kappa shape index (κ2) is 4.63. The zero-order chi connectivity index (χ0) is 11.5. The van der Waals surface area contributed by atoms with Crippen LogP contribution in [0, 0.1) is 0 Å². The Hall–Kier alpha value is -1.39. The Kier molecular flexibility index (Phi) is 3.22. The summed E-state index contributed by atoms with van der Waals surface area (Å²) in [5.41, 5.74) is 5.93. The first-order valence-electron chi connectivity index (χ1n) is 5.09. The summed E-state index contributed by atoms with van der Waals surface area (Å²) < 4.78 is 1.46. The molecule has 5 heteroatoms. The zero-order valence-electron chi connectivity index (χ0n) is 8.69. The molecular weight excluding hydrogens is 226 g/mol. The van der Waals surface area contributed by atoms with Gasteiger partial charge in [-0.05, 0) is 36.7 Å². The number of hydrogen-bond acceptors (Lipinski definition) is 3. The molecule has 1 heterocycles. The van der Waals surface area contributed by atoms with Gasteiger partial charge in [-0.15, -0.1) is 0 Å². The van der Waals surface area contributed by atoms with Crippen molar-refractivity contribution in [1.82, 2.24) is 9.55 Å². The van der Waals surface area contributed by atoms with Crippen LogP contribution in [0.1, 0.15) is 6.42 Å². The molecule has 2 aromatic rings. The third kappa shape index (κ3) is 1.94. The highest BCUT2D eigenvalue weighted by Crippen LogP contribution is 2.11. The van der Waals surface area contributed by atoms with Gasteiger partial charge in [0.05, 0.1) is 10.9 Å². The second-order valence-corrected chi connectivity index (χ2v) is 3.84. The molecule has 0 bridgehead atoms. The van der Waals surface area contributed by atoms with Gasteiger partial charge in [0.1, 0.15) is 0 Å². The quantitative estimate of drug-likeness (QED) is 0.821. The fourth-order valence-corrected chi connectivity index (χ4v) is 1.84.